The molecule has 0 amide bonds. The van der Waals surface area contributed by atoms with Gasteiger partial charge in [-0.15, -0.1) is 0 Å². The number of benzene rings is 1. The number of ether oxygens (including phenoxy) is 1. The van der Waals surface area contributed by atoms with E-state index in [2.05, 4.69) is 31.3 Å². The molecule has 1 aromatic rings. The van der Waals surface area contributed by atoms with Crippen LogP contribution in [0.25, 0.3) is 0 Å². The van der Waals surface area contributed by atoms with Crippen LogP contribution in [0, 0.1) is 5.92 Å². The molecule has 1 atom stereocenters. The summed E-state index contributed by atoms with van der Waals surface area (Å²) in [6, 6.07) is 8.65. The molecule has 0 aliphatic carbocycles. The van der Waals surface area contributed by atoms with Crippen LogP contribution < -0.4 is 5.32 Å². The van der Waals surface area contributed by atoms with E-state index < -0.39 is 0 Å². The van der Waals surface area contributed by atoms with E-state index in [1.54, 1.807) is 7.11 Å². The third kappa shape index (κ3) is 4.77. The van der Waals surface area contributed by atoms with Crippen LogP contribution in [-0.2, 0) is 17.9 Å². The number of aliphatic hydroxyl groups is 1. The summed E-state index contributed by atoms with van der Waals surface area (Å²) in [5.74, 6) is 0.520. The molecule has 18 heavy (non-hydrogen) atoms. The van der Waals surface area contributed by atoms with Crippen molar-refractivity contribution in [3.8, 4) is 0 Å². The average molecular weight is 251 g/mol. The van der Waals surface area contributed by atoms with E-state index in [0.29, 0.717) is 18.6 Å². The Hall–Kier alpha value is -0.900. The molecule has 0 heterocycles. The van der Waals surface area contributed by atoms with E-state index in [9.17, 15) is 0 Å². The first-order valence-corrected chi connectivity index (χ1v) is 6.59. The van der Waals surface area contributed by atoms with Crippen LogP contribution in [0.15, 0.2) is 24.3 Å². The van der Waals surface area contributed by atoms with Crippen molar-refractivity contribution in [2.24, 2.45) is 5.92 Å². The number of aliphatic hydroxyl groups excluding tert-OH is 1. The minimum atomic E-state index is 0.232. The van der Waals surface area contributed by atoms with Crippen molar-refractivity contribution in [1.29, 1.82) is 0 Å². The molecule has 3 nitrogen and oxygen atoms in total. The highest BCUT2D eigenvalue weighted by Crippen LogP contribution is 2.12. The molecule has 1 unspecified atom stereocenters. The maximum absolute atomic E-state index is 9.06. The molecule has 0 saturated heterocycles. The lowest BCUT2D eigenvalue weighted by Crippen LogP contribution is -2.34. The monoisotopic (exact) mass is 251 g/mol. The van der Waals surface area contributed by atoms with Gasteiger partial charge in [0.25, 0.3) is 0 Å². The van der Waals surface area contributed by atoms with Crippen LogP contribution in [0.1, 0.15) is 31.4 Å². The van der Waals surface area contributed by atoms with Crippen LogP contribution in [0.3, 0.4) is 0 Å². The summed E-state index contributed by atoms with van der Waals surface area (Å²) in [6.07, 6.45) is 0.796. The number of rotatable bonds is 8. The predicted octanol–water partition coefficient (Wildman–Crippen LogP) is 2.33. The Labute approximate surface area is 110 Å². The van der Waals surface area contributed by atoms with Crippen LogP contribution in [0.4, 0.5) is 0 Å². The lowest BCUT2D eigenvalue weighted by atomic mass is 10.0. The van der Waals surface area contributed by atoms with Gasteiger partial charge in [-0.25, -0.2) is 0 Å². The molecular formula is C15H25NO2. The Morgan fingerprint density at radius 2 is 1.89 bits per heavy atom. The number of hydrogen-bond acceptors (Lipinski definition) is 3. The van der Waals surface area contributed by atoms with E-state index >= 15 is 0 Å². The second-order valence-electron chi connectivity index (χ2n) is 4.95. The third-order valence-electron chi connectivity index (χ3n) is 3.22. The van der Waals surface area contributed by atoms with Gasteiger partial charge in [-0.05, 0) is 23.5 Å². The maximum atomic E-state index is 9.06. The summed E-state index contributed by atoms with van der Waals surface area (Å²) in [4.78, 5) is 0. The van der Waals surface area contributed by atoms with Gasteiger partial charge >= 0.3 is 0 Å². The highest BCUT2D eigenvalue weighted by Gasteiger charge is 2.12. The summed E-state index contributed by atoms with van der Waals surface area (Å²) in [5, 5.41) is 12.6. The van der Waals surface area contributed by atoms with Gasteiger partial charge in [-0.2, -0.15) is 0 Å². The second kappa shape index (κ2) is 8.25. The lowest BCUT2D eigenvalue weighted by molar-refractivity contribution is 0.183. The zero-order valence-corrected chi connectivity index (χ0v) is 11.6. The van der Waals surface area contributed by atoms with Crippen LogP contribution in [-0.4, -0.2) is 24.9 Å². The topological polar surface area (TPSA) is 41.5 Å². The van der Waals surface area contributed by atoms with Gasteiger partial charge < -0.3 is 15.2 Å². The lowest BCUT2D eigenvalue weighted by Gasteiger charge is -2.22. The van der Waals surface area contributed by atoms with E-state index in [-0.39, 0.29) is 6.61 Å². The Kier molecular flexibility index (Phi) is 6.94. The predicted molar refractivity (Wildman–Crippen MR) is 74.3 cm³/mol. The van der Waals surface area contributed by atoms with Crippen molar-refractivity contribution in [2.45, 2.75) is 39.5 Å². The largest absolute Gasteiger partial charge is 0.396 e. The Morgan fingerprint density at radius 3 is 2.44 bits per heavy atom. The van der Waals surface area contributed by atoms with E-state index in [1.807, 2.05) is 12.1 Å². The standard InChI is InChI=1S/C15H25NO2/c1-12(2)15(8-9-17)16-10-13-6-4-5-7-14(13)11-18-3/h4-7,12,15-17H,8-11H2,1-3H3. The molecule has 0 spiro atoms. The molecule has 0 radical (unpaired) electrons. The molecule has 0 aromatic heterocycles. The van der Waals surface area contributed by atoms with Crippen molar-refractivity contribution < 1.29 is 9.84 Å². The van der Waals surface area contributed by atoms with Gasteiger partial charge in [0, 0.05) is 26.3 Å². The average Bonchev–Trinajstić information content (AvgIpc) is 2.36. The first-order valence-electron chi connectivity index (χ1n) is 6.59. The summed E-state index contributed by atoms with van der Waals surface area (Å²) < 4.78 is 5.20. The fourth-order valence-electron chi connectivity index (χ4n) is 2.08. The number of nitrogens with one attached hydrogen (secondary N) is 1. The van der Waals surface area contributed by atoms with E-state index in [1.165, 1.54) is 11.1 Å². The fourth-order valence-corrected chi connectivity index (χ4v) is 2.08. The van der Waals surface area contributed by atoms with Crippen molar-refractivity contribution in [2.75, 3.05) is 13.7 Å². The molecular weight excluding hydrogens is 226 g/mol. The Morgan fingerprint density at radius 1 is 1.22 bits per heavy atom. The molecule has 0 aliphatic heterocycles. The summed E-state index contributed by atoms with van der Waals surface area (Å²) in [6.45, 7) is 6.05. The van der Waals surface area contributed by atoms with Crippen molar-refractivity contribution >= 4 is 0 Å². The van der Waals surface area contributed by atoms with Gasteiger partial charge in [-0.1, -0.05) is 38.1 Å². The smallest absolute Gasteiger partial charge is 0.0716 e. The Balaban J connectivity index is 2.60. The first-order chi connectivity index (χ1) is 8.69. The highest BCUT2D eigenvalue weighted by atomic mass is 16.5. The van der Waals surface area contributed by atoms with Gasteiger partial charge in [0.2, 0.25) is 0 Å². The van der Waals surface area contributed by atoms with Crippen LogP contribution in [0.5, 0.6) is 0 Å². The summed E-state index contributed by atoms with van der Waals surface area (Å²) >= 11 is 0. The van der Waals surface area contributed by atoms with Gasteiger partial charge in [-0.3, -0.25) is 0 Å². The summed E-state index contributed by atoms with van der Waals surface area (Å²) in [5.41, 5.74) is 2.49. The maximum Gasteiger partial charge on any atom is 0.0716 e. The molecule has 0 saturated carbocycles. The molecule has 2 N–H and O–H groups in total. The minimum absolute atomic E-state index is 0.232. The van der Waals surface area contributed by atoms with Gasteiger partial charge in [0.05, 0.1) is 6.61 Å². The summed E-state index contributed by atoms with van der Waals surface area (Å²) in [7, 11) is 1.72. The molecule has 3 heteroatoms. The zero-order chi connectivity index (χ0) is 13.4. The van der Waals surface area contributed by atoms with Crippen LogP contribution in [0.2, 0.25) is 0 Å². The third-order valence-corrected chi connectivity index (χ3v) is 3.22. The molecule has 1 aromatic carbocycles. The van der Waals surface area contributed by atoms with Gasteiger partial charge in [0.1, 0.15) is 0 Å². The Bertz CT molecular complexity index is 339. The molecule has 0 aliphatic rings. The number of hydrogen-bond donors (Lipinski definition) is 2. The highest BCUT2D eigenvalue weighted by molar-refractivity contribution is 5.26. The minimum Gasteiger partial charge on any atom is -0.396 e. The second-order valence-corrected chi connectivity index (χ2v) is 4.95. The molecule has 0 fully saturated rings. The van der Waals surface area contributed by atoms with E-state index in [4.69, 9.17) is 9.84 Å². The van der Waals surface area contributed by atoms with E-state index in [0.717, 1.165) is 13.0 Å². The zero-order valence-electron chi connectivity index (χ0n) is 11.6. The first kappa shape index (κ1) is 15.2. The molecule has 102 valence electrons. The SMILES string of the molecule is COCc1ccccc1CNC(CCO)C(C)C. The normalized spacial score (nSPS) is 12.9. The van der Waals surface area contributed by atoms with Gasteiger partial charge in [0.15, 0.2) is 0 Å². The van der Waals surface area contributed by atoms with Crippen molar-refractivity contribution in [1.82, 2.24) is 5.32 Å². The quantitative estimate of drug-likeness (QED) is 0.745. The fraction of sp³-hybridized carbons (Fsp3) is 0.600. The molecule has 1 rings (SSSR count). The van der Waals surface area contributed by atoms with Crippen LogP contribution >= 0.6 is 0 Å². The van der Waals surface area contributed by atoms with Crippen molar-refractivity contribution in [3.63, 3.8) is 0 Å². The van der Waals surface area contributed by atoms with Crippen molar-refractivity contribution in [3.05, 3.63) is 35.4 Å². The number of methoxy groups -OCH3 is 1. The molecule has 0 bridgehead atoms.